The van der Waals surface area contributed by atoms with Crippen LogP contribution in [0.4, 0.5) is 4.79 Å². The minimum Gasteiger partial charge on any atom is -0.452 e. The molecule has 1 N–H and O–H groups in total. The fourth-order valence-electron chi connectivity index (χ4n) is 2.23. The van der Waals surface area contributed by atoms with Crippen LogP contribution in [0.2, 0.25) is 0 Å². The molecule has 3 aromatic rings. The number of aromatic nitrogens is 2. The van der Waals surface area contributed by atoms with E-state index in [1.165, 1.54) is 7.11 Å². The van der Waals surface area contributed by atoms with Gasteiger partial charge in [0.2, 0.25) is 0 Å². The van der Waals surface area contributed by atoms with Crippen molar-refractivity contribution >= 4 is 28.2 Å². The molecule has 0 aliphatic rings. The fourth-order valence-corrected chi connectivity index (χ4v) is 2.49. The lowest BCUT2D eigenvalue weighted by Gasteiger charge is -2.00. The molecule has 0 saturated carbocycles. The number of rotatable bonds is 4. The summed E-state index contributed by atoms with van der Waals surface area (Å²) in [6.45, 7) is 0. The Kier molecular flexibility index (Phi) is 5.25. The number of hydrazone groups is 1. The van der Waals surface area contributed by atoms with Gasteiger partial charge in [0.1, 0.15) is 5.69 Å². The largest absolute Gasteiger partial charge is 0.452 e. The number of para-hydroxylation sites is 1. The molecule has 7 heteroatoms. The van der Waals surface area contributed by atoms with Crippen LogP contribution in [0.1, 0.15) is 5.56 Å². The Labute approximate surface area is 153 Å². The standard InChI is InChI=1S/C18H15BrN4O2/c1-25-18(24)21-20-11-14-12-23(16-5-3-2-4-6-16)22-17(14)13-7-9-15(19)10-8-13/h2-12H,1H3,(H,21,24)/b20-11-. The van der Waals surface area contributed by atoms with Gasteiger partial charge in [-0.2, -0.15) is 10.2 Å². The minimum atomic E-state index is -0.628. The van der Waals surface area contributed by atoms with Crippen molar-refractivity contribution in [3.8, 4) is 16.9 Å². The summed E-state index contributed by atoms with van der Waals surface area (Å²) < 4.78 is 7.26. The van der Waals surface area contributed by atoms with Crippen LogP contribution in [-0.2, 0) is 4.74 Å². The van der Waals surface area contributed by atoms with Gasteiger partial charge >= 0.3 is 6.09 Å². The van der Waals surface area contributed by atoms with E-state index in [0.29, 0.717) is 0 Å². The van der Waals surface area contributed by atoms with E-state index in [-0.39, 0.29) is 0 Å². The lowest BCUT2D eigenvalue weighted by Crippen LogP contribution is -2.16. The van der Waals surface area contributed by atoms with Gasteiger partial charge in [-0.1, -0.05) is 46.3 Å². The van der Waals surface area contributed by atoms with E-state index >= 15 is 0 Å². The molecule has 0 unspecified atom stereocenters. The molecule has 1 amide bonds. The number of halogens is 1. The van der Waals surface area contributed by atoms with Gasteiger partial charge < -0.3 is 4.74 Å². The normalized spacial score (nSPS) is 10.8. The molecule has 1 heterocycles. The van der Waals surface area contributed by atoms with Crippen molar-refractivity contribution in [1.82, 2.24) is 15.2 Å². The van der Waals surface area contributed by atoms with Crippen LogP contribution in [0, 0.1) is 0 Å². The van der Waals surface area contributed by atoms with Gasteiger partial charge in [-0.15, -0.1) is 0 Å². The van der Waals surface area contributed by atoms with Crippen molar-refractivity contribution in [2.45, 2.75) is 0 Å². The average Bonchev–Trinajstić information content (AvgIpc) is 3.07. The van der Waals surface area contributed by atoms with Crippen molar-refractivity contribution in [1.29, 1.82) is 0 Å². The molecule has 0 aliphatic heterocycles. The number of carbonyl (C=O) groups excluding carboxylic acids is 1. The molecule has 0 radical (unpaired) electrons. The highest BCUT2D eigenvalue weighted by atomic mass is 79.9. The highest BCUT2D eigenvalue weighted by Gasteiger charge is 2.11. The minimum absolute atomic E-state index is 0.628. The number of hydrogen-bond donors (Lipinski definition) is 1. The van der Waals surface area contributed by atoms with Crippen LogP contribution in [0.5, 0.6) is 0 Å². The van der Waals surface area contributed by atoms with Crippen molar-refractivity contribution < 1.29 is 9.53 Å². The Morgan fingerprint density at radius 2 is 1.92 bits per heavy atom. The maximum absolute atomic E-state index is 11.1. The zero-order valence-electron chi connectivity index (χ0n) is 13.4. The van der Waals surface area contributed by atoms with E-state index in [1.807, 2.05) is 60.8 Å². The topological polar surface area (TPSA) is 68.5 Å². The van der Waals surface area contributed by atoms with Gasteiger partial charge in [0.15, 0.2) is 0 Å². The number of benzene rings is 2. The summed E-state index contributed by atoms with van der Waals surface area (Å²) in [6.07, 6.45) is 2.77. The van der Waals surface area contributed by atoms with Crippen LogP contribution in [0.3, 0.4) is 0 Å². The predicted octanol–water partition coefficient (Wildman–Crippen LogP) is 3.99. The van der Waals surface area contributed by atoms with Gasteiger partial charge in [0.05, 0.1) is 19.0 Å². The molecule has 0 atom stereocenters. The molecule has 25 heavy (non-hydrogen) atoms. The molecule has 0 saturated heterocycles. The predicted molar refractivity (Wildman–Crippen MR) is 99.8 cm³/mol. The number of ether oxygens (including phenoxy) is 1. The van der Waals surface area contributed by atoms with Crippen molar-refractivity contribution in [3.63, 3.8) is 0 Å². The number of hydrogen-bond acceptors (Lipinski definition) is 4. The van der Waals surface area contributed by atoms with Crippen LogP contribution in [-0.4, -0.2) is 29.2 Å². The molecule has 2 aromatic carbocycles. The van der Waals surface area contributed by atoms with E-state index < -0.39 is 6.09 Å². The van der Waals surface area contributed by atoms with E-state index in [4.69, 9.17) is 0 Å². The van der Waals surface area contributed by atoms with E-state index in [9.17, 15) is 4.79 Å². The Balaban J connectivity index is 2.00. The summed E-state index contributed by atoms with van der Waals surface area (Å²) in [7, 11) is 1.28. The smallest absolute Gasteiger partial charge is 0.427 e. The Morgan fingerprint density at radius 1 is 1.20 bits per heavy atom. The Bertz CT molecular complexity index is 889. The summed E-state index contributed by atoms with van der Waals surface area (Å²) in [5.74, 6) is 0. The molecule has 0 aliphatic carbocycles. The summed E-state index contributed by atoms with van der Waals surface area (Å²) in [4.78, 5) is 11.1. The quantitative estimate of drug-likeness (QED) is 0.533. The maximum Gasteiger partial charge on any atom is 0.427 e. The molecule has 0 spiro atoms. The Morgan fingerprint density at radius 3 is 2.60 bits per heavy atom. The number of nitrogens with one attached hydrogen (secondary N) is 1. The second-order valence-corrected chi connectivity index (χ2v) is 6.00. The molecule has 1 aromatic heterocycles. The van der Waals surface area contributed by atoms with Crippen molar-refractivity contribution in [2.75, 3.05) is 7.11 Å². The first-order valence-corrected chi connectivity index (χ1v) is 8.25. The molecule has 0 bridgehead atoms. The summed E-state index contributed by atoms with van der Waals surface area (Å²) in [5, 5.41) is 8.58. The van der Waals surface area contributed by atoms with Gasteiger partial charge in [-0.05, 0) is 24.3 Å². The first-order chi connectivity index (χ1) is 12.2. The molecule has 3 rings (SSSR count). The van der Waals surface area contributed by atoms with E-state index in [2.05, 4.69) is 36.3 Å². The van der Waals surface area contributed by atoms with Crippen LogP contribution >= 0.6 is 15.9 Å². The molecule has 0 fully saturated rings. The first kappa shape index (κ1) is 16.9. The summed E-state index contributed by atoms with van der Waals surface area (Å²) in [5.41, 5.74) is 5.68. The fraction of sp³-hybridized carbons (Fsp3) is 0.0556. The molecule has 6 nitrogen and oxygen atoms in total. The zero-order chi connectivity index (χ0) is 17.6. The Hall–Kier alpha value is -2.93. The lowest BCUT2D eigenvalue weighted by molar-refractivity contribution is 0.171. The second-order valence-electron chi connectivity index (χ2n) is 5.08. The average molecular weight is 399 g/mol. The zero-order valence-corrected chi connectivity index (χ0v) is 15.0. The highest BCUT2D eigenvalue weighted by Crippen LogP contribution is 2.24. The third-order valence-corrected chi connectivity index (χ3v) is 3.95. The van der Waals surface area contributed by atoms with Crippen LogP contribution < -0.4 is 5.43 Å². The number of nitrogens with zero attached hydrogens (tertiary/aromatic N) is 3. The SMILES string of the molecule is COC(=O)N/N=C\c1cn(-c2ccccc2)nc1-c1ccc(Br)cc1. The summed E-state index contributed by atoms with van der Waals surface area (Å²) >= 11 is 3.43. The van der Waals surface area contributed by atoms with E-state index in [0.717, 1.165) is 27.0 Å². The van der Waals surface area contributed by atoms with Crippen molar-refractivity contribution in [3.05, 3.63) is 70.8 Å². The van der Waals surface area contributed by atoms with Gasteiger partial charge in [-0.3, -0.25) is 0 Å². The molecular formula is C18H15BrN4O2. The molecule has 126 valence electrons. The maximum atomic E-state index is 11.1. The third kappa shape index (κ3) is 4.13. The van der Waals surface area contributed by atoms with Crippen molar-refractivity contribution in [2.24, 2.45) is 5.10 Å². The van der Waals surface area contributed by atoms with Gasteiger partial charge in [-0.25, -0.2) is 14.9 Å². The number of amides is 1. The van der Waals surface area contributed by atoms with Gasteiger partial charge in [0, 0.05) is 21.8 Å². The second kappa shape index (κ2) is 7.76. The monoisotopic (exact) mass is 398 g/mol. The highest BCUT2D eigenvalue weighted by molar-refractivity contribution is 9.10. The van der Waals surface area contributed by atoms with Crippen LogP contribution in [0.15, 0.2) is 70.4 Å². The lowest BCUT2D eigenvalue weighted by atomic mass is 10.1. The molecular weight excluding hydrogens is 384 g/mol. The number of methoxy groups -OCH3 is 1. The van der Waals surface area contributed by atoms with E-state index in [1.54, 1.807) is 10.9 Å². The summed E-state index contributed by atoms with van der Waals surface area (Å²) in [6, 6.07) is 17.6. The van der Waals surface area contributed by atoms with Gasteiger partial charge in [0.25, 0.3) is 0 Å². The van der Waals surface area contributed by atoms with Crippen LogP contribution in [0.25, 0.3) is 16.9 Å². The third-order valence-electron chi connectivity index (χ3n) is 3.43. The first-order valence-electron chi connectivity index (χ1n) is 7.45. The number of carbonyl (C=O) groups is 1.